The van der Waals surface area contributed by atoms with Gasteiger partial charge in [0.15, 0.2) is 5.03 Å². The first-order chi connectivity index (χ1) is 9.16. The SMILES string of the molecule is NC(=O)N[N+](=O)[O-].O=[N+]([O-])c1cccc(O)c1[N+](=O)[O-]. The zero-order valence-corrected chi connectivity index (χ0v) is 9.46. The Morgan fingerprint density at radius 1 is 1.15 bits per heavy atom. The molecule has 1 rings (SSSR count). The van der Waals surface area contributed by atoms with E-state index in [4.69, 9.17) is 5.11 Å². The topological polar surface area (TPSA) is 205 Å². The van der Waals surface area contributed by atoms with E-state index in [2.05, 4.69) is 5.73 Å². The van der Waals surface area contributed by atoms with Crippen LogP contribution in [0, 0.1) is 30.3 Å². The molecule has 0 fully saturated rings. The lowest BCUT2D eigenvalue weighted by Crippen LogP contribution is -2.33. The summed E-state index contributed by atoms with van der Waals surface area (Å²) < 4.78 is 0. The number of aromatic hydroxyl groups is 1. The minimum absolute atomic E-state index is 0.709. The Morgan fingerprint density at radius 3 is 1.95 bits per heavy atom. The van der Waals surface area contributed by atoms with E-state index in [1.165, 1.54) is 11.5 Å². The number of para-hydroxylation sites is 1. The maximum atomic E-state index is 10.3. The fourth-order valence-corrected chi connectivity index (χ4v) is 0.944. The van der Waals surface area contributed by atoms with Crippen molar-refractivity contribution in [2.24, 2.45) is 5.73 Å². The van der Waals surface area contributed by atoms with Gasteiger partial charge in [0.25, 0.3) is 0 Å². The quantitative estimate of drug-likeness (QED) is 0.510. The highest BCUT2D eigenvalue weighted by atomic mass is 16.7. The zero-order valence-electron chi connectivity index (χ0n) is 9.46. The highest BCUT2D eigenvalue weighted by molar-refractivity contribution is 5.70. The Morgan fingerprint density at radius 2 is 1.70 bits per heavy atom. The molecular formula is C7H7N5O8. The zero-order chi connectivity index (χ0) is 15.9. The van der Waals surface area contributed by atoms with Gasteiger partial charge in [0, 0.05) is 6.07 Å². The molecular weight excluding hydrogens is 282 g/mol. The summed E-state index contributed by atoms with van der Waals surface area (Å²) in [6.07, 6.45) is 0. The first-order valence-electron chi connectivity index (χ1n) is 4.48. The molecule has 0 aliphatic rings. The van der Waals surface area contributed by atoms with E-state index < -0.39 is 38.0 Å². The molecule has 0 saturated carbocycles. The molecule has 0 aromatic heterocycles. The van der Waals surface area contributed by atoms with E-state index in [1.54, 1.807) is 0 Å². The normalized spacial score (nSPS) is 8.80. The maximum absolute atomic E-state index is 10.3. The van der Waals surface area contributed by atoms with Gasteiger partial charge in [-0.3, -0.25) is 20.2 Å². The number of rotatable bonds is 3. The van der Waals surface area contributed by atoms with Crippen molar-refractivity contribution in [2.45, 2.75) is 0 Å². The predicted molar refractivity (Wildman–Crippen MR) is 61.1 cm³/mol. The molecule has 108 valence electrons. The summed E-state index contributed by atoms with van der Waals surface area (Å²) in [5.74, 6) is -0.709. The number of nitro benzene ring substituents is 2. The number of benzene rings is 1. The first kappa shape index (κ1) is 16.5. The van der Waals surface area contributed by atoms with Gasteiger partial charge in [0.2, 0.25) is 5.75 Å². The molecule has 0 radical (unpaired) electrons. The van der Waals surface area contributed by atoms with Crippen molar-refractivity contribution in [3.63, 3.8) is 0 Å². The molecule has 0 heterocycles. The van der Waals surface area contributed by atoms with Gasteiger partial charge in [0.05, 0.1) is 9.85 Å². The number of primary amides is 1. The summed E-state index contributed by atoms with van der Waals surface area (Å²) in [4.78, 5) is 37.3. The van der Waals surface area contributed by atoms with Crippen LogP contribution in [-0.2, 0) is 0 Å². The number of nitro groups is 3. The average molecular weight is 289 g/mol. The lowest BCUT2D eigenvalue weighted by Gasteiger charge is -1.95. The van der Waals surface area contributed by atoms with Gasteiger partial charge in [0.1, 0.15) is 0 Å². The number of hydrogen-bond acceptors (Lipinski definition) is 8. The summed E-state index contributed by atoms with van der Waals surface area (Å²) in [7, 11) is 0. The van der Waals surface area contributed by atoms with E-state index in [1.807, 2.05) is 0 Å². The molecule has 13 nitrogen and oxygen atoms in total. The smallest absolute Gasteiger partial charge is 0.387 e. The molecule has 1 aromatic carbocycles. The minimum atomic E-state index is -1.16. The standard InChI is InChI=1S/C6H4N2O5.CH3N3O3/c9-5-3-1-2-4(7(10)11)6(5)8(12)13;2-1(5)3-4(6)7/h1-3,9H;(H3,2,3,5). The molecule has 0 spiro atoms. The van der Waals surface area contributed by atoms with Crippen molar-refractivity contribution in [2.75, 3.05) is 0 Å². The van der Waals surface area contributed by atoms with Crippen molar-refractivity contribution >= 4 is 17.4 Å². The number of carbonyl (C=O) groups is 1. The minimum Gasteiger partial charge on any atom is -0.502 e. The number of hydrogen-bond donors (Lipinski definition) is 3. The second-order valence-corrected chi connectivity index (χ2v) is 2.89. The van der Waals surface area contributed by atoms with Gasteiger partial charge in [-0.2, -0.15) is 0 Å². The van der Waals surface area contributed by atoms with Crippen molar-refractivity contribution in [1.82, 2.24) is 5.43 Å². The van der Waals surface area contributed by atoms with Gasteiger partial charge in [-0.05, 0) is 6.07 Å². The average Bonchev–Trinajstić information content (AvgIpc) is 2.26. The summed E-state index contributed by atoms with van der Waals surface area (Å²) >= 11 is 0. The van der Waals surface area contributed by atoms with Crippen LogP contribution in [0.4, 0.5) is 16.2 Å². The summed E-state index contributed by atoms with van der Waals surface area (Å²) in [5.41, 5.74) is 3.87. The Hall–Kier alpha value is -3.51. The van der Waals surface area contributed by atoms with Crippen LogP contribution in [0.25, 0.3) is 0 Å². The van der Waals surface area contributed by atoms with Gasteiger partial charge < -0.3 is 10.8 Å². The third-order valence-corrected chi connectivity index (χ3v) is 1.57. The molecule has 1 aromatic rings. The van der Waals surface area contributed by atoms with Gasteiger partial charge in [-0.1, -0.05) is 11.5 Å². The molecule has 0 aliphatic carbocycles. The van der Waals surface area contributed by atoms with Crippen LogP contribution in [0.3, 0.4) is 0 Å². The molecule has 0 bridgehead atoms. The van der Waals surface area contributed by atoms with E-state index in [0.717, 1.165) is 12.1 Å². The van der Waals surface area contributed by atoms with Gasteiger partial charge in [-0.25, -0.2) is 14.9 Å². The van der Waals surface area contributed by atoms with Crippen LogP contribution in [0.5, 0.6) is 5.75 Å². The number of phenols is 1. The lowest BCUT2D eigenvalue weighted by atomic mass is 10.2. The van der Waals surface area contributed by atoms with Crippen molar-refractivity contribution in [3.05, 3.63) is 48.5 Å². The number of amides is 2. The highest BCUT2D eigenvalue weighted by Crippen LogP contribution is 2.34. The third-order valence-electron chi connectivity index (χ3n) is 1.57. The summed E-state index contributed by atoms with van der Waals surface area (Å²) in [6, 6.07) is 1.98. The number of hydrazine groups is 1. The highest BCUT2D eigenvalue weighted by Gasteiger charge is 2.27. The van der Waals surface area contributed by atoms with E-state index >= 15 is 0 Å². The number of nitrogens with one attached hydrogen (secondary N) is 1. The fraction of sp³-hybridized carbons (Fsp3) is 0. The Bertz CT molecular complexity index is 546. The fourth-order valence-electron chi connectivity index (χ4n) is 0.944. The summed E-state index contributed by atoms with van der Waals surface area (Å²) in [6.45, 7) is 0. The molecule has 0 unspecified atom stereocenters. The number of nitrogens with two attached hydrogens (primary N) is 1. The van der Waals surface area contributed by atoms with Crippen LogP contribution >= 0.6 is 0 Å². The number of phenolic OH excluding ortho intramolecular Hbond substituents is 1. The molecule has 4 N–H and O–H groups in total. The number of urea groups is 1. The lowest BCUT2D eigenvalue weighted by molar-refractivity contribution is -0.527. The van der Waals surface area contributed by atoms with Crippen LogP contribution in [-0.4, -0.2) is 26.0 Å². The monoisotopic (exact) mass is 289 g/mol. The predicted octanol–water partition coefficient (Wildman–Crippen LogP) is 0.0550. The van der Waals surface area contributed by atoms with Crippen molar-refractivity contribution < 1.29 is 24.8 Å². The van der Waals surface area contributed by atoms with Crippen molar-refractivity contribution in [1.29, 1.82) is 0 Å². The van der Waals surface area contributed by atoms with Crippen LogP contribution in [0.15, 0.2) is 18.2 Å². The second kappa shape index (κ2) is 7.04. The van der Waals surface area contributed by atoms with E-state index in [0.29, 0.717) is 0 Å². The third kappa shape index (κ3) is 5.21. The second-order valence-electron chi connectivity index (χ2n) is 2.89. The van der Waals surface area contributed by atoms with Crippen LogP contribution in [0.1, 0.15) is 0 Å². The Kier molecular flexibility index (Phi) is 5.81. The summed E-state index contributed by atoms with van der Waals surface area (Å²) in [5, 5.41) is 37.7. The number of carbonyl (C=O) groups excluding carboxylic acids is 1. The maximum Gasteiger partial charge on any atom is 0.387 e. The van der Waals surface area contributed by atoms with E-state index in [-0.39, 0.29) is 0 Å². The first-order valence-corrected chi connectivity index (χ1v) is 4.48. The van der Waals surface area contributed by atoms with Gasteiger partial charge >= 0.3 is 17.4 Å². The van der Waals surface area contributed by atoms with Crippen LogP contribution in [0.2, 0.25) is 0 Å². The molecule has 0 aliphatic heterocycles. The molecule has 2 amide bonds. The largest absolute Gasteiger partial charge is 0.502 e. The van der Waals surface area contributed by atoms with E-state index in [9.17, 15) is 35.1 Å². The molecule has 20 heavy (non-hydrogen) atoms. The Balaban J connectivity index is 0.000000441. The van der Waals surface area contributed by atoms with Gasteiger partial charge in [-0.15, -0.1) is 0 Å². The molecule has 0 saturated heterocycles. The number of nitrogens with zero attached hydrogens (tertiary/aromatic N) is 3. The van der Waals surface area contributed by atoms with Crippen LogP contribution < -0.4 is 11.2 Å². The Labute approximate surface area is 109 Å². The molecule has 0 atom stereocenters. The van der Waals surface area contributed by atoms with Crippen molar-refractivity contribution in [3.8, 4) is 5.75 Å². The molecule has 13 heteroatoms.